The lowest BCUT2D eigenvalue weighted by molar-refractivity contribution is 0.0730. The van der Waals surface area contributed by atoms with Gasteiger partial charge in [0.2, 0.25) is 0 Å². The van der Waals surface area contributed by atoms with Crippen molar-refractivity contribution in [1.82, 2.24) is 19.8 Å². The molecule has 0 aliphatic carbocycles. The number of benzene rings is 1. The summed E-state index contributed by atoms with van der Waals surface area (Å²) in [5, 5.41) is 9.77. The highest BCUT2D eigenvalue weighted by molar-refractivity contribution is 5.94. The number of aromatic amines is 1. The SMILES string of the molecule is Cc1ncc(CN(CCN(C)C)C(=O)c2cccc(C#CC(C)(C)O)c2)[nH]1. The zero-order valence-corrected chi connectivity index (χ0v) is 16.7. The second-order valence-corrected chi connectivity index (χ2v) is 7.41. The van der Waals surface area contributed by atoms with Crippen LogP contribution < -0.4 is 0 Å². The lowest BCUT2D eigenvalue weighted by Crippen LogP contribution is -2.36. The number of nitrogens with zero attached hydrogens (tertiary/aromatic N) is 3. The fraction of sp³-hybridized carbons (Fsp3) is 0.429. The van der Waals surface area contributed by atoms with Crippen molar-refractivity contribution in [3.05, 3.63) is 53.1 Å². The molecular weight excluding hydrogens is 340 g/mol. The predicted octanol–water partition coefficient (Wildman–Crippen LogP) is 2.04. The molecule has 6 nitrogen and oxygen atoms in total. The molecule has 0 saturated carbocycles. The molecule has 2 aromatic rings. The van der Waals surface area contributed by atoms with Gasteiger partial charge in [0.15, 0.2) is 0 Å². The summed E-state index contributed by atoms with van der Waals surface area (Å²) in [6.45, 7) is 6.97. The van der Waals surface area contributed by atoms with Gasteiger partial charge in [0.1, 0.15) is 11.4 Å². The number of aromatic nitrogens is 2. The van der Waals surface area contributed by atoms with Crippen molar-refractivity contribution in [2.45, 2.75) is 32.9 Å². The number of carbonyl (C=O) groups is 1. The van der Waals surface area contributed by atoms with Crippen LogP contribution in [0, 0.1) is 18.8 Å². The Labute approximate surface area is 161 Å². The van der Waals surface area contributed by atoms with Crippen molar-refractivity contribution in [2.75, 3.05) is 27.2 Å². The molecule has 0 atom stereocenters. The Hall–Kier alpha value is -2.62. The fourth-order valence-electron chi connectivity index (χ4n) is 2.47. The number of aryl methyl sites for hydroxylation is 1. The molecule has 0 radical (unpaired) electrons. The van der Waals surface area contributed by atoms with Crippen molar-refractivity contribution < 1.29 is 9.90 Å². The molecule has 2 N–H and O–H groups in total. The van der Waals surface area contributed by atoms with Crippen molar-refractivity contribution in [3.8, 4) is 11.8 Å². The summed E-state index contributed by atoms with van der Waals surface area (Å²) in [4.78, 5) is 24.3. The number of likely N-dealkylation sites (N-methyl/N-ethyl adjacent to an activating group) is 1. The van der Waals surface area contributed by atoms with Crippen LogP contribution in [0.4, 0.5) is 0 Å². The largest absolute Gasteiger partial charge is 0.378 e. The van der Waals surface area contributed by atoms with Gasteiger partial charge in [-0.1, -0.05) is 17.9 Å². The summed E-state index contributed by atoms with van der Waals surface area (Å²) in [7, 11) is 3.96. The minimum Gasteiger partial charge on any atom is -0.378 e. The van der Waals surface area contributed by atoms with Crippen molar-refractivity contribution in [3.63, 3.8) is 0 Å². The molecule has 0 fully saturated rings. The maximum atomic E-state index is 13.1. The number of aliphatic hydroxyl groups is 1. The minimum atomic E-state index is -1.07. The summed E-state index contributed by atoms with van der Waals surface area (Å²) >= 11 is 0. The number of carbonyl (C=O) groups excluding carboxylic acids is 1. The number of amides is 1. The second kappa shape index (κ2) is 8.85. The first-order chi connectivity index (χ1) is 12.6. The Kier molecular flexibility index (Phi) is 6.78. The number of H-pyrrole nitrogens is 1. The smallest absolute Gasteiger partial charge is 0.254 e. The fourth-order valence-corrected chi connectivity index (χ4v) is 2.47. The van der Waals surface area contributed by atoms with Gasteiger partial charge in [-0.2, -0.15) is 0 Å². The highest BCUT2D eigenvalue weighted by Crippen LogP contribution is 2.12. The van der Waals surface area contributed by atoms with Gasteiger partial charge in [0.05, 0.1) is 18.4 Å². The third-order valence-corrected chi connectivity index (χ3v) is 3.84. The highest BCUT2D eigenvalue weighted by Gasteiger charge is 2.17. The van der Waals surface area contributed by atoms with Crippen LogP contribution in [-0.4, -0.2) is 63.6 Å². The zero-order valence-electron chi connectivity index (χ0n) is 16.7. The Morgan fingerprint density at radius 3 is 2.63 bits per heavy atom. The van der Waals surface area contributed by atoms with Gasteiger partial charge in [0, 0.05) is 24.2 Å². The number of imidazole rings is 1. The van der Waals surface area contributed by atoms with E-state index in [1.807, 2.05) is 38.1 Å². The summed E-state index contributed by atoms with van der Waals surface area (Å²) in [5.41, 5.74) is 1.11. The van der Waals surface area contributed by atoms with E-state index in [0.29, 0.717) is 24.2 Å². The van der Waals surface area contributed by atoms with Gasteiger partial charge in [-0.15, -0.1) is 0 Å². The van der Waals surface area contributed by atoms with Crippen LogP contribution in [0.3, 0.4) is 0 Å². The molecule has 0 unspecified atom stereocenters. The first kappa shape index (κ1) is 20.7. The van der Waals surface area contributed by atoms with Crippen molar-refractivity contribution in [2.24, 2.45) is 0 Å². The highest BCUT2D eigenvalue weighted by atomic mass is 16.3. The van der Waals surface area contributed by atoms with Crippen LogP contribution >= 0.6 is 0 Å². The topological polar surface area (TPSA) is 72.5 Å². The Morgan fingerprint density at radius 2 is 2.04 bits per heavy atom. The van der Waals surface area contributed by atoms with E-state index in [1.165, 1.54) is 0 Å². The van der Waals surface area contributed by atoms with Gasteiger partial charge >= 0.3 is 0 Å². The lowest BCUT2D eigenvalue weighted by atomic mass is 10.1. The molecule has 1 amide bonds. The van der Waals surface area contributed by atoms with Crippen molar-refractivity contribution in [1.29, 1.82) is 0 Å². The molecule has 6 heteroatoms. The van der Waals surface area contributed by atoms with E-state index in [-0.39, 0.29) is 5.91 Å². The summed E-state index contributed by atoms with van der Waals surface area (Å²) in [6.07, 6.45) is 1.76. The quantitative estimate of drug-likeness (QED) is 0.766. The Morgan fingerprint density at radius 1 is 1.30 bits per heavy atom. The van der Waals surface area contributed by atoms with Crippen LogP contribution in [-0.2, 0) is 6.54 Å². The van der Waals surface area contributed by atoms with E-state index in [2.05, 4.69) is 21.8 Å². The van der Waals surface area contributed by atoms with Gasteiger partial charge < -0.3 is 19.9 Å². The molecule has 144 valence electrons. The van der Waals surface area contributed by atoms with E-state index in [9.17, 15) is 9.90 Å². The average molecular weight is 368 g/mol. The minimum absolute atomic E-state index is 0.0592. The van der Waals surface area contributed by atoms with Crippen LogP contribution in [0.15, 0.2) is 30.5 Å². The first-order valence-corrected chi connectivity index (χ1v) is 8.94. The number of nitrogens with one attached hydrogen (secondary N) is 1. The second-order valence-electron chi connectivity index (χ2n) is 7.41. The van der Waals surface area contributed by atoms with E-state index in [1.54, 1.807) is 37.1 Å². The third kappa shape index (κ3) is 6.89. The number of hydrogen-bond donors (Lipinski definition) is 2. The van der Waals surface area contributed by atoms with E-state index >= 15 is 0 Å². The molecule has 1 aromatic carbocycles. The summed E-state index contributed by atoms with van der Waals surface area (Å²) in [6, 6.07) is 7.20. The molecule has 0 saturated heterocycles. The average Bonchev–Trinajstić information content (AvgIpc) is 3.00. The van der Waals surface area contributed by atoms with E-state index < -0.39 is 5.60 Å². The summed E-state index contributed by atoms with van der Waals surface area (Å²) in [5.74, 6) is 6.47. The molecule has 1 aromatic heterocycles. The molecule has 0 aliphatic rings. The molecule has 0 aliphatic heterocycles. The summed E-state index contributed by atoms with van der Waals surface area (Å²) < 4.78 is 0. The normalized spacial score (nSPS) is 11.2. The molecule has 0 bridgehead atoms. The van der Waals surface area contributed by atoms with E-state index in [0.717, 1.165) is 18.1 Å². The van der Waals surface area contributed by atoms with Gasteiger partial charge in [-0.25, -0.2) is 4.98 Å². The van der Waals surface area contributed by atoms with Crippen LogP contribution in [0.1, 0.15) is 41.3 Å². The molecule has 2 rings (SSSR count). The standard InChI is InChI=1S/C21H28N4O2/c1-16-22-14-19(23-16)15-25(12-11-24(4)5)20(26)18-8-6-7-17(13-18)9-10-21(2,3)27/h6-8,13-14,27H,11-12,15H2,1-5H3,(H,22,23). The van der Waals surface area contributed by atoms with Gasteiger partial charge in [-0.05, 0) is 53.1 Å². The maximum Gasteiger partial charge on any atom is 0.254 e. The Bertz CT molecular complexity index is 838. The van der Waals surface area contributed by atoms with Gasteiger partial charge in [-0.3, -0.25) is 4.79 Å². The maximum absolute atomic E-state index is 13.1. The molecule has 0 spiro atoms. The molecular formula is C21H28N4O2. The van der Waals surface area contributed by atoms with E-state index in [4.69, 9.17) is 0 Å². The first-order valence-electron chi connectivity index (χ1n) is 8.94. The number of rotatable bonds is 6. The third-order valence-electron chi connectivity index (χ3n) is 3.84. The van der Waals surface area contributed by atoms with Gasteiger partial charge in [0.25, 0.3) is 5.91 Å². The number of hydrogen-bond acceptors (Lipinski definition) is 4. The van der Waals surface area contributed by atoms with Crippen LogP contribution in [0.25, 0.3) is 0 Å². The molecule has 1 heterocycles. The van der Waals surface area contributed by atoms with Crippen LogP contribution in [0.2, 0.25) is 0 Å². The Balaban J connectivity index is 2.23. The predicted molar refractivity (Wildman–Crippen MR) is 106 cm³/mol. The zero-order chi connectivity index (χ0) is 20.0. The van der Waals surface area contributed by atoms with Crippen LogP contribution in [0.5, 0.6) is 0 Å². The molecule has 27 heavy (non-hydrogen) atoms. The van der Waals surface area contributed by atoms with Crippen molar-refractivity contribution >= 4 is 5.91 Å². The monoisotopic (exact) mass is 368 g/mol. The lowest BCUT2D eigenvalue weighted by Gasteiger charge is -2.24.